The number of ether oxygens (including phenoxy) is 1. The van der Waals surface area contributed by atoms with Gasteiger partial charge in [0.05, 0.1) is 6.10 Å². The molecule has 1 saturated carbocycles. The molecule has 1 unspecified atom stereocenters. The van der Waals surface area contributed by atoms with Gasteiger partial charge in [0.15, 0.2) is 0 Å². The molecule has 1 aromatic rings. The molecule has 2 rings (SSSR count). The van der Waals surface area contributed by atoms with Crippen LogP contribution in [0.25, 0.3) is 0 Å². The summed E-state index contributed by atoms with van der Waals surface area (Å²) < 4.78 is 5.84. The van der Waals surface area contributed by atoms with Crippen molar-refractivity contribution in [2.45, 2.75) is 65.0 Å². The normalized spacial score (nSPS) is 17.6. The number of hydrogen-bond acceptors (Lipinski definition) is 2. The number of benzene rings is 1. The Morgan fingerprint density at radius 1 is 1.25 bits per heavy atom. The van der Waals surface area contributed by atoms with Crippen molar-refractivity contribution in [1.82, 2.24) is 5.32 Å². The van der Waals surface area contributed by atoms with Crippen molar-refractivity contribution < 1.29 is 4.74 Å². The van der Waals surface area contributed by atoms with Crippen molar-refractivity contribution in [2.75, 3.05) is 6.54 Å². The summed E-state index contributed by atoms with van der Waals surface area (Å²) in [4.78, 5) is 0. The standard InChI is InChI=1S/C18H29NO/c1-4-12-19-18(15-8-5-6-9-15)16-10-7-11-17(13-16)20-14(2)3/h7,10-11,13-15,18-19H,4-6,8-9,12H2,1-3H3. The lowest BCUT2D eigenvalue weighted by atomic mass is 9.91. The molecular weight excluding hydrogens is 246 g/mol. The van der Waals surface area contributed by atoms with Crippen LogP contribution in [0.15, 0.2) is 24.3 Å². The molecule has 1 fully saturated rings. The van der Waals surface area contributed by atoms with Crippen molar-refractivity contribution in [2.24, 2.45) is 5.92 Å². The van der Waals surface area contributed by atoms with Crippen molar-refractivity contribution >= 4 is 0 Å². The minimum atomic E-state index is 0.235. The largest absolute Gasteiger partial charge is 0.491 e. The molecule has 0 heterocycles. The Balaban J connectivity index is 2.14. The molecular formula is C18H29NO. The van der Waals surface area contributed by atoms with Crippen LogP contribution in [0, 0.1) is 5.92 Å². The third kappa shape index (κ3) is 4.24. The SMILES string of the molecule is CCCNC(c1cccc(OC(C)C)c1)C1CCCC1. The van der Waals surface area contributed by atoms with Crippen LogP contribution in [0.4, 0.5) is 0 Å². The lowest BCUT2D eigenvalue weighted by molar-refractivity contribution is 0.241. The average molecular weight is 275 g/mol. The van der Waals surface area contributed by atoms with E-state index in [9.17, 15) is 0 Å². The fourth-order valence-corrected chi connectivity index (χ4v) is 3.20. The number of nitrogens with one attached hydrogen (secondary N) is 1. The Kier molecular flexibility index (Phi) is 5.90. The van der Waals surface area contributed by atoms with Crippen molar-refractivity contribution in [1.29, 1.82) is 0 Å². The second-order valence-electron chi connectivity index (χ2n) is 6.22. The summed E-state index contributed by atoms with van der Waals surface area (Å²) in [5.74, 6) is 1.79. The smallest absolute Gasteiger partial charge is 0.120 e. The summed E-state index contributed by atoms with van der Waals surface area (Å²) in [5.41, 5.74) is 1.39. The zero-order valence-electron chi connectivity index (χ0n) is 13.2. The molecule has 1 atom stereocenters. The Morgan fingerprint density at radius 2 is 2.00 bits per heavy atom. The van der Waals surface area contributed by atoms with Crippen molar-refractivity contribution in [3.63, 3.8) is 0 Å². The van der Waals surface area contributed by atoms with Gasteiger partial charge < -0.3 is 10.1 Å². The van der Waals surface area contributed by atoms with Gasteiger partial charge in [-0.2, -0.15) is 0 Å². The first kappa shape index (κ1) is 15.4. The van der Waals surface area contributed by atoms with E-state index in [1.54, 1.807) is 0 Å². The van der Waals surface area contributed by atoms with Gasteiger partial charge in [0, 0.05) is 6.04 Å². The van der Waals surface area contributed by atoms with Gasteiger partial charge in [0.2, 0.25) is 0 Å². The van der Waals surface area contributed by atoms with E-state index < -0.39 is 0 Å². The Morgan fingerprint density at radius 3 is 2.65 bits per heavy atom. The van der Waals surface area contributed by atoms with E-state index in [2.05, 4.69) is 50.4 Å². The fourth-order valence-electron chi connectivity index (χ4n) is 3.20. The highest BCUT2D eigenvalue weighted by molar-refractivity contribution is 5.31. The van der Waals surface area contributed by atoms with Crippen LogP contribution in [0.3, 0.4) is 0 Å². The molecule has 1 aromatic carbocycles. The molecule has 1 N–H and O–H groups in total. The lowest BCUT2D eigenvalue weighted by Crippen LogP contribution is -2.27. The van der Waals surface area contributed by atoms with Crippen molar-refractivity contribution in [3.8, 4) is 5.75 Å². The second kappa shape index (κ2) is 7.68. The molecule has 1 aliphatic rings. The molecule has 0 aliphatic heterocycles. The van der Waals surface area contributed by atoms with Gasteiger partial charge in [-0.05, 0) is 63.3 Å². The van der Waals surface area contributed by atoms with E-state index in [-0.39, 0.29) is 6.10 Å². The van der Waals surface area contributed by atoms with Crippen LogP contribution >= 0.6 is 0 Å². The van der Waals surface area contributed by atoms with Crippen LogP contribution in [0.2, 0.25) is 0 Å². The van der Waals surface area contributed by atoms with Gasteiger partial charge >= 0.3 is 0 Å². The van der Waals surface area contributed by atoms with Gasteiger partial charge in [-0.3, -0.25) is 0 Å². The molecule has 0 saturated heterocycles. The summed E-state index contributed by atoms with van der Waals surface area (Å²) in [6.07, 6.45) is 6.91. The van der Waals surface area contributed by atoms with E-state index in [0.29, 0.717) is 6.04 Å². The van der Waals surface area contributed by atoms with Gasteiger partial charge in [-0.1, -0.05) is 31.9 Å². The highest BCUT2D eigenvalue weighted by Crippen LogP contribution is 2.36. The second-order valence-corrected chi connectivity index (χ2v) is 6.22. The van der Waals surface area contributed by atoms with Gasteiger partial charge in [0.25, 0.3) is 0 Å². The van der Waals surface area contributed by atoms with Crippen LogP contribution in [-0.4, -0.2) is 12.6 Å². The zero-order chi connectivity index (χ0) is 14.4. The molecule has 20 heavy (non-hydrogen) atoms. The topological polar surface area (TPSA) is 21.3 Å². The van der Waals surface area contributed by atoms with Crippen LogP contribution in [0.1, 0.15) is 64.5 Å². The summed E-state index contributed by atoms with van der Waals surface area (Å²) >= 11 is 0. The first-order valence-corrected chi connectivity index (χ1v) is 8.20. The van der Waals surface area contributed by atoms with E-state index in [4.69, 9.17) is 4.74 Å². The molecule has 0 aromatic heterocycles. The maximum absolute atomic E-state index is 5.84. The monoisotopic (exact) mass is 275 g/mol. The lowest BCUT2D eigenvalue weighted by Gasteiger charge is -2.26. The molecule has 112 valence electrons. The average Bonchev–Trinajstić information content (AvgIpc) is 2.93. The number of hydrogen-bond donors (Lipinski definition) is 1. The minimum Gasteiger partial charge on any atom is -0.491 e. The zero-order valence-corrected chi connectivity index (χ0v) is 13.2. The summed E-state index contributed by atoms with van der Waals surface area (Å²) in [6.45, 7) is 7.49. The fraction of sp³-hybridized carbons (Fsp3) is 0.667. The minimum absolute atomic E-state index is 0.235. The van der Waals surface area contributed by atoms with E-state index in [1.165, 1.54) is 37.7 Å². The van der Waals surface area contributed by atoms with E-state index in [1.807, 2.05) is 0 Å². The molecule has 1 aliphatic carbocycles. The van der Waals surface area contributed by atoms with Gasteiger partial charge in [0.1, 0.15) is 5.75 Å². The quantitative estimate of drug-likeness (QED) is 0.778. The maximum Gasteiger partial charge on any atom is 0.120 e. The third-order valence-electron chi connectivity index (χ3n) is 4.07. The Labute approximate surface area is 123 Å². The van der Waals surface area contributed by atoms with Crippen LogP contribution in [-0.2, 0) is 0 Å². The first-order chi connectivity index (χ1) is 9.70. The highest BCUT2D eigenvalue weighted by atomic mass is 16.5. The highest BCUT2D eigenvalue weighted by Gasteiger charge is 2.26. The van der Waals surface area contributed by atoms with Crippen molar-refractivity contribution in [3.05, 3.63) is 29.8 Å². The predicted octanol–water partition coefficient (Wildman–Crippen LogP) is 4.70. The summed E-state index contributed by atoms with van der Waals surface area (Å²) in [7, 11) is 0. The first-order valence-electron chi connectivity index (χ1n) is 8.20. The number of rotatable bonds is 7. The molecule has 0 amide bonds. The molecule has 0 bridgehead atoms. The molecule has 0 spiro atoms. The molecule has 2 heteroatoms. The summed E-state index contributed by atoms with van der Waals surface area (Å²) in [5, 5.41) is 3.75. The third-order valence-corrected chi connectivity index (χ3v) is 4.07. The van der Waals surface area contributed by atoms with Gasteiger partial charge in [-0.25, -0.2) is 0 Å². The Hall–Kier alpha value is -1.02. The van der Waals surface area contributed by atoms with Crippen LogP contribution < -0.4 is 10.1 Å². The Bertz CT molecular complexity index is 396. The van der Waals surface area contributed by atoms with E-state index in [0.717, 1.165) is 18.2 Å². The van der Waals surface area contributed by atoms with E-state index >= 15 is 0 Å². The molecule has 2 nitrogen and oxygen atoms in total. The predicted molar refractivity (Wildman–Crippen MR) is 85.2 cm³/mol. The summed E-state index contributed by atoms with van der Waals surface area (Å²) in [6, 6.07) is 9.16. The van der Waals surface area contributed by atoms with Crippen LogP contribution in [0.5, 0.6) is 5.75 Å². The maximum atomic E-state index is 5.84. The molecule has 0 radical (unpaired) electrons. The van der Waals surface area contributed by atoms with Gasteiger partial charge in [-0.15, -0.1) is 0 Å².